The van der Waals surface area contributed by atoms with Crippen LogP contribution in [0.1, 0.15) is 5.56 Å². The van der Waals surface area contributed by atoms with Crippen molar-refractivity contribution in [3.63, 3.8) is 0 Å². The van der Waals surface area contributed by atoms with Crippen molar-refractivity contribution < 1.29 is 10.2 Å². The van der Waals surface area contributed by atoms with E-state index in [1.165, 1.54) is 6.20 Å². The Morgan fingerprint density at radius 3 is 2.64 bits per heavy atom. The van der Waals surface area contributed by atoms with Crippen molar-refractivity contribution in [2.45, 2.75) is 12.7 Å². The summed E-state index contributed by atoms with van der Waals surface area (Å²) in [5, 5.41) is 17.5. The van der Waals surface area contributed by atoms with Crippen LogP contribution < -0.4 is 0 Å². The Hall–Kier alpha value is -0.640. The molecule has 0 aliphatic carbocycles. The third-order valence-electron chi connectivity index (χ3n) is 1.21. The van der Waals surface area contributed by atoms with Gasteiger partial charge in [-0.05, 0) is 11.6 Å². The first-order valence-corrected chi connectivity index (χ1v) is 3.53. The van der Waals surface area contributed by atoms with Crippen LogP contribution in [0.3, 0.4) is 0 Å². The monoisotopic (exact) mass is 173 g/mol. The quantitative estimate of drug-likeness (QED) is 0.509. The molecule has 0 aliphatic heterocycles. The number of hydrogen-bond acceptors (Lipinski definition) is 3. The summed E-state index contributed by atoms with van der Waals surface area (Å²) in [6.07, 6.45) is 0.379. The number of pyridine rings is 1. The van der Waals surface area contributed by atoms with Crippen LogP contribution in [-0.2, 0) is 6.42 Å². The minimum atomic E-state index is -1.32. The zero-order chi connectivity index (χ0) is 8.27. The van der Waals surface area contributed by atoms with Gasteiger partial charge in [0.05, 0.1) is 0 Å². The molecule has 1 aromatic rings. The highest BCUT2D eigenvalue weighted by molar-refractivity contribution is 6.29. The van der Waals surface area contributed by atoms with E-state index in [2.05, 4.69) is 4.98 Å². The zero-order valence-corrected chi connectivity index (χ0v) is 6.49. The molecule has 3 nitrogen and oxygen atoms in total. The Labute approximate surface area is 69.3 Å². The van der Waals surface area contributed by atoms with Crippen molar-refractivity contribution in [1.82, 2.24) is 4.98 Å². The zero-order valence-electron chi connectivity index (χ0n) is 5.74. The van der Waals surface area contributed by atoms with Crippen molar-refractivity contribution in [3.05, 3.63) is 29.0 Å². The van der Waals surface area contributed by atoms with Crippen LogP contribution in [-0.4, -0.2) is 21.5 Å². The molecule has 1 aromatic heterocycles. The van der Waals surface area contributed by atoms with Gasteiger partial charge in [-0.3, -0.25) is 0 Å². The highest BCUT2D eigenvalue weighted by Crippen LogP contribution is 2.06. The Morgan fingerprint density at radius 2 is 2.18 bits per heavy atom. The Bertz CT molecular complexity index is 222. The Morgan fingerprint density at radius 1 is 1.45 bits per heavy atom. The molecule has 4 heteroatoms. The number of rotatable bonds is 2. The van der Waals surface area contributed by atoms with Gasteiger partial charge in [0.2, 0.25) is 0 Å². The molecule has 0 aliphatic rings. The number of aromatic nitrogens is 1. The summed E-state index contributed by atoms with van der Waals surface area (Å²) in [7, 11) is 0. The first-order chi connectivity index (χ1) is 5.18. The molecule has 0 amide bonds. The molecule has 1 heterocycles. The van der Waals surface area contributed by atoms with E-state index in [9.17, 15) is 0 Å². The molecule has 0 spiro atoms. The molecule has 0 bridgehead atoms. The Balaban J connectivity index is 2.66. The van der Waals surface area contributed by atoms with Crippen LogP contribution in [0, 0.1) is 0 Å². The fourth-order valence-electron chi connectivity index (χ4n) is 0.738. The summed E-state index contributed by atoms with van der Waals surface area (Å²) in [5.74, 6) is 0. The van der Waals surface area contributed by atoms with E-state index in [1.54, 1.807) is 12.1 Å². The fraction of sp³-hybridized carbons (Fsp3) is 0.286. The van der Waals surface area contributed by atoms with E-state index in [1.807, 2.05) is 0 Å². The molecule has 0 fully saturated rings. The summed E-state index contributed by atoms with van der Waals surface area (Å²) in [4.78, 5) is 3.78. The minimum Gasteiger partial charge on any atom is -0.368 e. The molecular formula is C7H8ClNO2. The van der Waals surface area contributed by atoms with E-state index in [-0.39, 0.29) is 6.42 Å². The normalized spacial score (nSPS) is 10.5. The molecule has 0 saturated heterocycles. The van der Waals surface area contributed by atoms with E-state index in [4.69, 9.17) is 21.8 Å². The van der Waals surface area contributed by atoms with Gasteiger partial charge >= 0.3 is 0 Å². The number of halogens is 1. The Kier molecular flexibility index (Phi) is 2.82. The molecule has 0 saturated carbocycles. The summed E-state index contributed by atoms with van der Waals surface area (Å²) in [6.45, 7) is 0. The van der Waals surface area contributed by atoms with Crippen molar-refractivity contribution >= 4 is 11.6 Å². The minimum absolute atomic E-state index is 0.185. The molecule has 0 atom stereocenters. The topological polar surface area (TPSA) is 53.4 Å². The van der Waals surface area contributed by atoms with Crippen molar-refractivity contribution in [2.75, 3.05) is 0 Å². The molecule has 2 N–H and O–H groups in total. The second-order valence-electron chi connectivity index (χ2n) is 2.17. The maximum Gasteiger partial charge on any atom is 0.155 e. The lowest BCUT2D eigenvalue weighted by atomic mass is 10.2. The predicted octanol–water partition coefficient (Wildman–Crippen LogP) is 0.588. The van der Waals surface area contributed by atoms with E-state index >= 15 is 0 Å². The van der Waals surface area contributed by atoms with E-state index < -0.39 is 6.29 Å². The molecule has 1 rings (SSSR count). The van der Waals surface area contributed by atoms with Gasteiger partial charge in [0.25, 0.3) is 0 Å². The molecule has 0 unspecified atom stereocenters. The van der Waals surface area contributed by atoms with Crippen molar-refractivity contribution in [2.24, 2.45) is 0 Å². The van der Waals surface area contributed by atoms with Crippen LogP contribution in [0.4, 0.5) is 0 Å². The van der Waals surface area contributed by atoms with Gasteiger partial charge in [-0.15, -0.1) is 0 Å². The molecule has 0 aromatic carbocycles. The van der Waals surface area contributed by atoms with Crippen molar-refractivity contribution in [1.29, 1.82) is 0 Å². The second kappa shape index (κ2) is 3.67. The molecule has 0 radical (unpaired) electrons. The van der Waals surface area contributed by atoms with Crippen LogP contribution in [0.5, 0.6) is 0 Å². The largest absolute Gasteiger partial charge is 0.368 e. The standard InChI is InChI=1S/C7H8ClNO2/c8-6-2-1-5(4-9-6)3-7(10)11/h1-2,4,7,10-11H,3H2. The van der Waals surface area contributed by atoms with Gasteiger partial charge < -0.3 is 10.2 Å². The SMILES string of the molecule is OC(O)Cc1ccc(Cl)nc1. The third-order valence-corrected chi connectivity index (χ3v) is 1.43. The summed E-state index contributed by atoms with van der Waals surface area (Å²) in [6, 6.07) is 3.31. The average molecular weight is 174 g/mol. The number of aliphatic hydroxyl groups is 2. The lowest BCUT2D eigenvalue weighted by molar-refractivity contribution is -0.0382. The molecular weight excluding hydrogens is 166 g/mol. The second-order valence-corrected chi connectivity index (χ2v) is 2.56. The first kappa shape index (κ1) is 8.46. The highest BCUT2D eigenvalue weighted by atomic mass is 35.5. The van der Waals surface area contributed by atoms with Gasteiger partial charge in [-0.1, -0.05) is 17.7 Å². The van der Waals surface area contributed by atoms with Gasteiger partial charge in [0.1, 0.15) is 5.15 Å². The van der Waals surface area contributed by atoms with Gasteiger partial charge in [0, 0.05) is 12.6 Å². The molecule has 11 heavy (non-hydrogen) atoms. The summed E-state index contributed by atoms with van der Waals surface area (Å²) >= 11 is 5.51. The van der Waals surface area contributed by atoms with Gasteiger partial charge in [-0.2, -0.15) is 0 Å². The molecule has 60 valence electrons. The summed E-state index contributed by atoms with van der Waals surface area (Å²) < 4.78 is 0. The summed E-state index contributed by atoms with van der Waals surface area (Å²) in [5.41, 5.74) is 0.754. The number of hydrogen-bond donors (Lipinski definition) is 2. The van der Waals surface area contributed by atoms with Crippen LogP contribution >= 0.6 is 11.6 Å². The predicted molar refractivity (Wildman–Crippen MR) is 41.2 cm³/mol. The first-order valence-electron chi connectivity index (χ1n) is 3.15. The maximum absolute atomic E-state index is 8.57. The maximum atomic E-state index is 8.57. The van der Waals surface area contributed by atoms with E-state index in [0.29, 0.717) is 5.15 Å². The number of aliphatic hydroxyl groups excluding tert-OH is 1. The van der Waals surface area contributed by atoms with Crippen LogP contribution in [0.2, 0.25) is 5.15 Å². The number of nitrogens with zero attached hydrogens (tertiary/aromatic N) is 1. The fourth-order valence-corrected chi connectivity index (χ4v) is 0.850. The van der Waals surface area contributed by atoms with Crippen LogP contribution in [0.15, 0.2) is 18.3 Å². The highest BCUT2D eigenvalue weighted by Gasteiger charge is 1.99. The lowest BCUT2D eigenvalue weighted by Gasteiger charge is -2.01. The smallest absolute Gasteiger partial charge is 0.155 e. The van der Waals surface area contributed by atoms with E-state index in [0.717, 1.165) is 5.56 Å². The average Bonchev–Trinajstić information content (AvgIpc) is 1.93. The van der Waals surface area contributed by atoms with Gasteiger partial charge in [-0.25, -0.2) is 4.98 Å². The van der Waals surface area contributed by atoms with Crippen LogP contribution in [0.25, 0.3) is 0 Å². The lowest BCUT2D eigenvalue weighted by Crippen LogP contribution is -2.08. The third kappa shape index (κ3) is 2.84. The van der Waals surface area contributed by atoms with Crippen molar-refractivity contribution in [3.8, 4) is 0 Å². The van der Waals surface area contributed by atoms with Gasteiger partial charge in [0.15, 0.2) is 6.29 Å².